The van der Waals surface area contributed by atoms with Gasteiger partial charge in [-0.3, -0.25) is 9.00 Å². The molecule has 1 N–H and O–H groups in total. The Kier molecular flexibility index (Phi) is 5.43. The summed E-state index contributed by atoms with van der Waals surface area (Å²) in [5.74, 6) is -0.345. The smallest absolute Gasteiger partial charge is 0.232 e. The maximum Gasteiger partial charge on any atom is 0.232 e. The Bertz CT molecular complexity index is 582. The number of amides is 1. The zero-order chi connectivity index (χ0) is 14.4. The number of rotatable bonds is 6. The Labute approximate surface area is 123 Å². The van der Waals surface area contributed by atoms with Crippen LogP contribution in [0.1, 0.15) is 10.4 Å². The number of hydrogen-bond donors (Lipinski definition) is 1. The minimum Gasteiger partial charge on any atom is -0.350 e. The Hall–Kier alpha value is -1.53. The molecule has 1 amide bonds. The summed E-state index contributed by atoms with van der Waals surface area (Å²) >= 11 is 1.56. The first-order valence-corrected chi connectivity index (χ1v) is 8.39. The maximum atomic E-state index is 12.7. The molecule has 1 aromatic heterocycles. The number of carbonyl (C=O) groups is 1. The van der Waals surface area contributed by atoms with Crippen LogP contribution in [-0.2, 0) is 27.9 Å². The molecule has 2 rings (SSSR count). The predicted octanol–water partition coefficient (Wildman–Crippen LogP) is 2.45. The molecule has 2 aromatic rings. The Morgan fingerprint density at radius 1 is 1.25 bits per heavy atom. The third-order valence-corrected chi connectivity index (χ3v) is 4.69. The van der Waals surface area contributed by atoms with Gasteiger partial charge in [-0.15, -0.1) is 11.3 Å². The highest BCUT2D eigenvalue weighted by Gasteiger charge is 2.09. The molecule has 1 atom stereocenters. The maximum absolute atomic E-state index is 12.7. The van der Waals surface area contributed by atoms with Gasteiger partial charge in [-0.1, -0.05) is 18.2 Å². The molecule has 1 heterocycles. The second kappa shape index (κ2) is 7.31. The molecule has 0 aliphatic heterocycles. The number of hydrogen-bond acceptors (Lipinski definition) is 3. The lowest BCUT2D eigenvalue weighted by molar-refractivity contribution is -0.118. The molecular weight excluding hydrogens is 297 g/mol. The van der Waals surface area contributed by atoms with Crippen LogP contribution in [0.2, 0.25) is 0 Å². The van der Waals surface area contributed by atoms with Crippen molar-refractivity contribution in [3.8, 4) is 0 Å². The van der Waals surface area contributed by atoms with E-state index in [0.29, 0.717) is 6.54 Å². The van der Waals surface area contributed by atoms with E-state index in [1.165, 1.54) is 12.1 Å². The van der Waals surface area contributed by atoms with Gasteiger partial charge in [-0.2, -0.15) is 0 Å². The molecule has 0 bridgehead atoms. The lowest BCUT2D eigenvalue weighted by Crippen LogP contribution is -2.27. The number of thiophene rings is 1. The highest BCUT2D eigenvalue weighted by atomic mass is 32.2. The van der Waals surface area contributed by atoms with Crippen molar-refractivity contribution in [1.29, 1.82) is 0 Å². The van der Waals surface area contributed by atoms with Gasteiger partial charge in [0.15, 0.2) is 0 Å². The van der Waals surface area contributed by atoms with Gasteiger partial charge in [0.2, 0.25) is 5.91 Å². The summed E-state index contributed by atoms with van der Waals surface area (Å²) in [6, 6.07) is 9.65. The number of nitrogens with one attached hydrogen (secondary N) is 1. The van der Waals surface area contributed by atoms with Crippen molar-refractivity contribution in [2.75, 3.05) is 5.75 Å². The van der Waals surface area contributed by atoms with Crippen LogP contribution in [0, 0.1) is 5.82 Å². The van der Waals surface area contributed by atoms with E-state index in [-0.39, 0.29) is 23.2 Å². The molecule has 106 valence electrons. The molecule has 0 aliphatic rings. The van der Waals surface area contributed by atoms with Crippen molar-refractivity contribution < 1.29 is 13.4 Å². The highest BCUT2D eigenvalue weighted by molar-refractivity contribution is 7.84. The van der Waals surface area contributed by atoms with Crippen molar-refractivity contribution in [3.63, 3.8) is 0 Å². The molecule has 3 nitrogen and oxygen atoms in total. The zero-order valence-electron chi connectivity index (χ0n) is 10.7. The molecule has 20 heavy (non-hydrogen) atoms. The summed E-state index contributed by atoms with van der Waals surface area (Å²) in [5.41, 5.74) is 0.760. The van der Waals surface area contributed by atoms with Crippen LogP contribution >= 0.6 is 11.3 Å². The van der Waals surface area contributed by atoms with Gasteiger partial charge in [0.05, 0.1) is 6.54 Å². The average molecular weight is 311 g/mol. The van der Waals surface area contributed by atoms with Crippen LogP contribution in [-0.4, -0.2) is 15.9 Å². The lowest BCUT2D eigenvalue weighted by atomic mass is 10.2. The average Bonchev–Trinajstić information content (AvgIpc) is 2.92. The molecule has 6 heteroatoms. The molecule has 0 saturated carbocycles. The summed E-state index contributed by atoms with van der Waals surface area (Å²) < 4.78 is 24.6. The first-order chi connectivity index (χ1) is 9.63. The van der Waals surface area contributed by atoms with E-state index in [9.17, 15) is 13.4 Å². The van der Waals surface area contributed by atoms with E-state index in [1.807, 2.05) is 17.5 Å². The first kappa shape index (κ1) is 14.9. The fourth-order valence-electron chi connectivity index (χ4n) is 1.61. The van der Waals surface area contributed by atoms with Gasteiger partial charge in [-0.05, 0) is 29.1 Å². The topological polar surface area (TPSA) is 46.2 Å². The first-order valence-electron chi connectivity index (χ1n) is 6.02. The number of benzene rings is 1. The summed E-state index contributed by atoms with van der Waals surface area (Å²) in [4.78, 5) is 12.7. The second-order valence-corrected chi connectivity index (χ2v) is 6.70. The number of carbonyl (C=O) groups excluding carboxylic acids is 1. The van der Waals surface area contributed by atoms with Crippen LogP contribution in [0.4, 0.5) is 4.39 Å². The minimum absolute atomic E-state index is 0.0389. The standard InChI is InChI=1S/C14H14FNO2S2/c15-12-5-3-11(4-6-12)9-20(18)10-14(17)16-8-13-2-1-7-19-13/h1-7H,8-10H2,(H,16,17). The van der Waals surface area contributed by atoms with Crippen molar-refractivity contribution in [1.82, 2.24) is 5.32 Å². The van der Waals surface area contributed by atoms with E-state index in [4.69, 9.17) is 0 Å². The van der Waals surface area contributed by atoms with Gasteiger partial charge in [0, 0.05) is 21.4 Å². The predicted molar refractivity (Wildman–Crippen MR) is 79.3 cm³/mol. The normalized spacial score (nSPS) is 12.1. The zero-order valence-corrected chi connectivity index (χ0v) is 12.3. The fraction of sp³-hybridized carbons (Fsp3) is 0.214. The quantitative estimate of drug-likeness (QED) is 0.891. The largest absolute Gasteiger partial charge is 0.350 e. The molecule has 1 aromatic carbocycles. The molecular formula is C14H14FNO2S2. The van der Waals surface area contributed by atoms with E-state index < -0.39 is 10.8 Å². The van der Waals surface area contributed by atoms with E-state index in [1.54, 1.807) is 23.5 Å². The molecule has 0 radical (unpaired) electrons. The Balaban J connectivity index is 1.76. The Morgan fingerprint density at radius 3 is 2.65 bits per heavy atom. The van der Waals surface area contributed by atoms with Crippen molar-refractivity contribution in [2.45, 2.75) is 12.3 Å². The van der Waals surface area contributed by atoms with Crippen LogP contribution < -0.4 is 5.32 Å². The van der Waals surface area contributed by atoms with Gasteiger partial charge in [-0.25, -0.2) is 4.39 Å². The fourth-order valence-corrected chi connectivity index (χ4v) is 3.32. The Morgan fingerprint density at radius 2 is 2.00 bits per heavy atom. The van der Waals surface area contributed by atoms with Gasteiger partial charge >= 0.3 is 0 Å². The van der Waals surface area contributed by atoms with Gasteiger partial charge < -0.3 is 5.32 Å². The third kappa shape index (κ3) is 4.86. The molecule has 0 aliphatic carbocycles. The lowest BCUT2D eigenvalue weighted by Gasteiger charge is -2.04. The molecule has 1 unspecified atom stereocenters. The summed E-state index contributed by atoms with van der Waals surface area (Å²) in [6.45, 7) is 0.463. The van der Waals surface area contributed by atoms with Gasteiger partial charge in [0.25, 0.3) is 0 Å². The van der Waals surface area contributed by atoms with Crippen molar-refractivity contribution in [3.05, 3.63) is 58.0 Å². The van der Waals surface area contributed by atoms with Crippen LogP contribution in [0.25, 0.3) is 0 Å². The van der Waals surface area contributed by atoms with Gasteiger partial charge in [0.1, 0.15) is 11.6 Å². The van der Waals surface area contributed by atoms with Crippen LogP contribution in [0.5, 0.6) is 0 Å². The van der Waals surface area contributed by atoms with Crippen LogP contribution in [0.3, 0.4) is 0 Å². The minimum atomic E-state index is -1.29. The van der Waals surface area contributed by atoms with Crippen molar-refractivity contribution in [2.24, 2.45) is 0 Å². The van der Waals surface area contributed by atoms with Crippen molar-refractivity contribution >= 4 is 28.0 Å². The summed E-state index contributed by atoms with van der Waals surface area (Å²) in [6.07, 6.45) is 0. The molecule has 0 fully saturated rings. The SMILES string of the molecule is O=C(CS(=O)Cc1ccc(F)cc1)NCc1cccs1. The summed E-state index contributed by atoms with van der Waals surface area (Å²) in [7, 11) is -1.29. The third-order valence-electron chi connectivity index (χ3n) is 2.57. The second-order valence-electron chi connectivity index (χ2n) is 4.21. The monoisotopic (exact) mass is 311 g/mol. The molecule has 0 spiro atoms. The van der Waals surface area contributed by atoms with Crippen LogP contribution in [0.15, 0.2) is 41.8 Å². The highest BCUT2D eigenvalue weighted by Crippen LogP contribution is 2.08. The molecule has 0 saturated heterocycles. The summed E-state index contributed by atoms with van der Waals surface area (Å²) in [5, 5.41) is 4.67. The van der Waals surface area contributed by atoms with E-state index in [2.05, 4.69) is 5.32 Å². The van der Waals surface area contributed by atoms with E-state index >= 15 is 0 Å². The van der Waals surface area contributed by atoms with E-state index in [0.717, 1.165) is 10.4 Å². The number of halogens is 1.